The zero-order valence-corrected chi connectivity index (χ0v) is 21.9. The first kappa shape index (κ1) is 25.7. The first-order valence-electron chi connectivity index (χ1n) is 12.0. The number of esters is 2. The number of carbonyl (C=O) groups is 2. The third-order valence-electron chi connectivity index (χ3n) is 6.46. The molecule has 4 rings (SSSR count). The lowest BCUT2D eigenvalue weighted by atomic mass is 9.84. The molecule has 0 amide bonds. The number of nitrogens with zero attached hydrogens (tertiary/aromatic N) is 2. The molecule has 0 radical (unpaired) electrons. The molecule has 0 aliphatic carbocycles. The molecule has 1 heterocycles. The molecule has 3 aromatic carbocycles. The van der Waals surface area contributed by atoms with E-state index in [1.165, 1.54) is 13.8 Å². The Bertz CT molecular complexity index is 1480. The van der Waals surface area contributed by atoms with E-state index in [4.69, 9.17) is 9.47 Å². The Morgan fingerprint density at radius 3 is 1.68 bits per heavy atom. The summed E-state index contributed by atoms with van der Waals surface area (Å²) in [6, 6.07) is 20.7. The van der Waals surface area contributed by atoms with Crippen molar-refractivity contribution in [3.05, 3.63) is 111 Å². The van der Waals surface area contributed by atoms with Crippen LogP contribution in [0.15, 0.2) is 71.5 Å². The molecule has 37 heavy (non-hydrogen) atoms. The van der Waals surface area contributed by atoms with Crippen molar-refractivity contribution in [2.75, 3.05) is 0 Å². The van der Waals surface area contributed by atoms with Crippen molar-refractivity contribution in [2.24, 2.45) is 7.05 Å². The van der Waals surface area contributed by atoms with Crippen LogP contribution >= 0.6 is 0 Å². The molecule has 4 aromatic rings. The van der Waals surface area contributed by atoms with Gasteiger partial charge in [0.05, 0.1) is 11.3 Å². The van der Waals surface area contributed by atoms with Crippen LogP contribution in [0.3, 0.4) is 0 Å². The van der Waals surface area contributed by atoms with Crippen molar-refractivity contribution in [1.29, 1.82) is 0 Å². The Morgan fingerprint density at radius 1 is 0.757 bits per heavy atom. The second kappa shape index (κ2) is 10.3. The Kier molecular flexibility index (Phi) is 7.16. The molecule has 0 atom stereocenters. The number of aryl methyl sites for hydroxylation is 2. The molecule has 7 nitrogen and oxygen atoms in total. The van der Waals surface area contributed by atoms with E-state index >= 15 is 0 Å². The van der Waals surface area contributed by atoms with E-state index in [1.807, 2.05) is 87.1 Å². The van der Waals surface area contributed by atoms with Gasteiger partial charge < -0.3 is 9.47 Å². The standard InChI is InChI=1S/C30H30N2O5/c1-18-16-23(12-14-26(18)36-21(4)33)29(24-13-15-27(19(2)17-24)37-22(5)34)28-20(3)31(6)32(30(28)35)25-10-8-7-9-11-25/h7-17,29H,1-6H3. The fraction of sp³-hybridized carbons (Fsp3) is 0.233. The zero-order chi connectivity index (χ0) is 26.9. The summed E-state index contributed by atoms with van der Waals surface area (Å²) in [7, 11) is 1.87. The van der Waals surface area contributed by atoms with E-state index in [-0.39, 0.29) is 5.56 Å². The van der Waals surface area contributed by atoms with Crippen LogP contribution in [0.25, 0.3) is 5.69 Å². The van der Waals surface area contributed by atoms with Gasteiger partial charge >= 0.3 is 11.9 Å². The Hall–Kier alpha value is -4.39. The molecule has 7 heteroatoms. The zero-order valence-electron chi connectivity index (χ0n) is 21.9. The monoisotopic (exact) mass is 498 g/mol. The molecular formula is C30H30N2O5. The van der Waals surface area contributed by atoms with Gasteiger partial charge in [-0.2, -0.15) is 0 Å². The highest BCUT2D eigenvalue weighted by Gasteiger charge is 2.28. The number of rotatable bonds is 6. The van der Waals surface area contributed by atoms with Gasteiger partial charge in [0, 0.05) is 32.5 Å². The Morgan fingerprint density at radius 2 is 1.24 bits per heavy atom. The van der Waals surface area contributed by atoms with Crippen molar-refractivity contribution in [3.63, 3.8) is 0 Å². The third kappa shape index (κ3) is 5.11. The minimum Gasteiger partial charge on any atom is -0.426 e. The summed E-state index contributed by atoms with van der Waals surface area (Å²) in [5.74, 6) is -0.257. The third-order valence-corrected chi connectivity index (χ3v) is 6.46. The van der Waals surface area contributed by atoms with Gasteiger partial charge in [-0.25, -0.2) is 4.68 Å². The number of ether oxygens (including phenoxy) is 2. The lowest BCUT2D eigenvalue weighted by Crippen LogP contribution is -2.22. The maximum absolute atomic E-state index is 14.0. The van der Waals surface area contributed by atoms with Crippen molar-refractivity contribution in [2.45, 2.75) is 40.5 Å². The average Bonchev–Trinajstić information content (AvgIpc) is 3.06. The Balaban J connectivity index is 1.95. The van der Waals surface area contributed by atoms with Crippen LogP contribution in [-0.2, 0) is 16.6 Å². The predicted octanol–water partition coefficient (Wildman–Crippen LogP) is 5.13. The minimum absolute atomic E-state index is 0.125. The Labute approximate surface area is 215 Å². The van der Waals surface area contributed by atoms with Crippen molar-refractivity contribution in [1.82, 2.24) is 9.36 Å². The second-order valence-electron chi connectivity index (χ2n) is 9.15. The molecule has 1 aromatic heterocycles. The lowest BCUT2D eigenvalue weighted by molar-refractivity contribution is -0.132. The number of hydrogen-bond acceptors (Lipinski definition) is 5. The first-order valence-corrected chi connectivity index (χ1v) is 12.0. The van der Waals surface area contributed by atoms with Gasteiger partial charge in [0.25, 0.3) is 5.56 Å². The van der Waals surface area contributed by atoms with Gasteiger partial charge in [0.2, 0.25) is 0 Å². The van der Waals surface area contributed by atoms with Crippen LogP contribution in [0.5, 0.6) is 11.5 Å². The van der Waals surface area contributed by atoms with Crippen LogP contribution in [-0.4, -0.2) is 21.3 Å². The van der Waals surface area contributed by atoms with Gasteiger partial charge in [0.15, 0.2) is 0 Å². The topological polar surface area (TPSA) is 79.5 Å². The molecule has 0 aliphatic rings. The smallest absolute Gasteiger partial charge is 0.308 e. The maximum atomic E-state index is 14.0. The maximum Gasteiger partial charge on any atom is 0.308 e. The molecule has 0 saturated carbocycles. The van der Waals surface area contributed by atoms with Gasteiger partial charge in [-0.3, -0.25) is 19.1 Å². The van der Waals surface area contributed by atoms with E-state index in [0.29, 0.717) is 17.1 Å². The van der Waals surface area contributed by atoms with Crippen molar-refractivity contribution in [3.8, 4) is 17.2 Å². The number of carbonyl (C=O) groups excluding carboxylic acids is 2. The fourth-order valence-corrected chi connectivity index (χ4v) is 4.69. The average molecular weight is 499 g/mol. The predicted molar refractivity (Wildman–Crippen MR) is 142 cm³/mol. The molecule has 0 fully saturated rings. The molecule has 0 unspecified atom stereocenters. The largest absolute Gasteiger partial charge is 0.426 e. The highest BCUT2D eigenvalue weighted by atomic mass is 16.5. The van der Waals surface area contributed by atoms with Gasteiger partial charge in [0.1, 0.15) is 11.5 Å². The minimum atomic E-state index is -0.418. The number of para-hydroxylation sites is 1. The summed E-state index contributed by atoms with van der Waals surface area (Å²) in [6.45, 7) is 8.40. The van der Waals surface area contributed by atoms with E-state index in [2.05, 4.69) is 0 Å². The summed E-state index contributed by atoms with van der Waals surface area (Å²) in [4.78, 5) is 37.1. The van der Waals surface area contributed by atoms with E-state index in [1.54, 1.807) is 16.8 Å². The van der Waals surface area contributed by atoms with Gasteiger partial charge in [-0.1, -0.05) is 42.5 Å². The van der Waals surface area contributed by atoms with E-state index in [0.717, 1.165) is 33.6 Å². The number of benzene rings is 3. The first-order chi connectivity index (χ1) is 17.6. The van der Waals surface area contributed by atoms with E-state index in [9.17, 15) is 14.4 Å². The van der Waals surface area contributed by atoms with Crippen molar-refractivity contribution >= 4 is 11.9 Å². The summed E-state index contributed by atoms with van der Waals surface area (Å²) in [5.41, 5.74) is 5.40. The quantitative estimate of drug-likeness (QED) is 0.272. The number of aromatic nitrogens is 2. The molecule has 0 aliphatic heterocycles. The van der Waals surface area contributed by atoms with E-state index < -0.39 is 17.9 Å². The van der Waals surface area contributed by atoms with Crippen LogP contribution in [0, 0.1) is 20.8 Å². The van der Waals surface area contributed by atoms with Crippen LogP contribution in [0.4, 0.5) is 0 Å². The highest BCUT2D eigenvalue weighted by molar-refractivity contribution is 5.70. The van der Waals surface area contributed by atoms with Crippen LogP contribution in [0.1, 0.15) is 53.3 Å². The van der Waals surface area contributed by atoms with Crippen LogP contribution < -0.4 is 15.0 Å². The van der Waals surface area contributed by atoms with Gasteiger partial charge in [-0.05, 0) is 67.3 Å². The number of hydrogen-bond donors (Lipinski definition) is 0. The summed E-state index contributed by atoms with van der Waals surface area (Å²) < 4.78 is 14.2. The second-order valence-corrected chi connectivity index (χ2v) is 9.15. The summed E-state index contributed by atoms with van der Waals surface area (Å²) in [6.07, 6.45) is 0. The SMILES string of the molecule is CC(=O)Oc1ccc(C(c2ccc(OC(C)=O)c(C)c2)c2c(C)n(C)n(-c3ccccc3)c2=O)cc1C. The highest BCUT2D eigenvalue weighted by Crippen LogP contribution is 2.36. The summed E-state index contributed by atoms with van der Waals surface area (Å²) >= 11 is 0. The molecular weight excluding hydrogens is 468 g/mol. The molecule has 0 spiro atoms. The molecule has 0 saturated heterocycles. The molecule has 0 bridgehead atoms. The summed E-state index contributed by atoms with van der Waals surface area (Å²) in [5, 5.41) is 0. The van der Waals surface area contributed by atoms with Crippen molar-refractivity contribution < 1.29 is 19.1 Å². The normalized spacial score (nSPS) is 11.0. The molecule has 0 N–H and O–H groups in total. The lowest BCUT2D eigenvalue weighted by Gasteiger charge is -2.20. The van der Waals surface area contributed by atoms with Gasteiger partial charge in [-0.15, -0.1) is 0 Å². The fourth-order valence-electron chi connectivity index (χ4n) is 4.69. The molecule has 190 valence electrons. The van der Waals surface area contributed by atoms with Crippen LogP contribution in [0.2, 0.25) is 0 Å².